The number of fused-ring (bicyclic) bond motifs is 1. The van der Waals surface area contributed by atoms with E-state index in [4.69, 9.17) is 10.00 Å². The van der Waals surface area contributed by atoms with Gasteiger partial charge in [0.15, 0.2) is 6.10 Å². The van der Waals surface area contributed by atoms with Crippen LogP contribution in [0.3, 0.4) is 0 Å². The largest absolute Gasteiger partial charge is 0.448 e. The summed E-state index contributed by atoms with van der Waals surface area (Å²) in [6.45, 7) is 4.06. The molecule has 0 aliphatic heterocycles. The molecule has 3 rings (SSSR count). The van der Waals surface area contributed by atoms with Crippen molar-refractivity contribution in [3.05, 3.63) is 51.7 Å². The molecule has 0 radical (unpaired) electrons. The molecule has 1 aromatic heterocycles. The van der Waals surface area contributed by atoms with E-state index in [9.17, 15) is 9.59 Å². The molecule has 0 saturated heterocycles. The van der Waals surface area contributed by atoms with Gasteiger partial charge in [-0.25, -0.2) is 4.79 Å². The zero-order valence-corrected chi connectivity index (χ0v) is 17.0. The third-order valence-corrected chi connectivity index (χ3v) is 6.16. The lowest BCUT2D eigenvalue weighted by atomic mass is 9.90. The Hall–Kier alpha value is -2.65. The van der Waals surface area contributed by atoms with Crippen molar-refractivity contribution in [1.82, 2.24) is 0 Å². The van der Waals surface area contributed by atoms with Gasteiger partial charge < -0.3 is 9.64 Å². The molecule has 0 spiro atoms. The Morgan fingerprint density at radius 3 is 2.82 bits per heavy atom. The maximum Gasteiger partial charge on any atom is 0.349 e. The molecule has 6 heteroatoms. The zero-order chi connectivity index (χ0) is 20.1. The Bertz CT molecular complexity index is 885. The van der Waals surface area contributed by atoms with Crippen LogP contribution in [0, 0.1) is 17.2 Å². The van der Waals surface area contributed by atoms with Crippen molar-refractivity contribution in [3.8, 4) is 6.07 Å². The number of nitriles is 1. The highest BCUT2D eigenvalue weighted by atomic mass is 32.1. The van der Waals surface area contributed by atoms with Gasteiger partial charge in [0.2, 0.25) is 0 Å². The van der Waals surface area contributed by atoms with E-state index in [2.05, 4.69) is 13.0 Å². The minimum absolute atomic E-state index is 0.205. The van der Waals surface area contributed by atoms with Crippen LogP contribution < -0.4 is 4.90 Å². The number of benzene rings is 1. The molecule has 1 amide bonds. The summed E-state index contributed by atoms with van der Waals surface area (Å²) < 4.78 is 5.48. The fraction of sp³-hybridized carbons (Fsp3) is 0.409. The minimum atomic E-state index is -0.926. The summed E-state index contributed by atoms with van der Waals surface area (Å²) in [7, 11) is 0. The molecule has 0 bridgehead atoms. The van der Waals surface area contributed by atoms with Crippen LogP contribution in [0.4, 0.5) is 5.69 Å². The maximum atomic E-state index is 12.9. The maximum absolute atomic E-state index is 12.9. The molecule has 0 saturated carbocycles. The quantitative estimate of drug-likeness (QED) is 0.680. The number of ether oxygens (including phenoxy) is 1. The van der Waals surface area contributed by atoms with Gasteiger partial charge in [0, 0.05) is 17.1 Å². The van der Waals surface area contributed by atoms with Gasteiger partial charge in [-0.1, -0.05) is 25.1 Å². The smallest absolute Gasteiger partial charge is 0.349 e. The van der Waals surface area contributed by atoms with Crippen molar-refractivity contribution in [1.29, 1.82) is 5.26 Å². The SMILES string of the molecule is C[C@H]1CCc2sc(C(=O)O[C@@H](C)C(=O)N(CCC#N)c3ccccc3)cc2C1. The fourth-order valence-electron chi connectivity index (χ4n) is 3.43. The lowest BCUT2D eigenvalue weighted by Crippen LogP contribution is -2.40. The van der Waals surface area contributed by atoms with E-state index in [1.807, 2.05) is 24.3 Å². The van der Waals surface area contributed by atoms with Crippen LogP contribution in [0.15, 0.2) is 36.4 Å². The number of para-hydroxylation sites is 1. The number of carbonyl (C=O) groups is 2. The van der Waals surface area contributed by atoms with Gasteiger partial charge in [-0.2, -0.15) is 5.26 Å². The zero-order valence-electron chi connectivity index (χ0n) is 16.2. The van der Waals surface area contributed by atoms with Gasteiger partial charge >= 0.3 is 5.97 Å². The van der Waals surface area contributed by atoms with Gasteiger partial charge in [0.1, 0.15) is 4.88 Å². The Kier molecular flexibility index (Phi) is 6.48. The Morgan fingerprint density at radius 2 is 2.11 bits per heavy atom. The molecule has 1 aromatic carbocycles. The van der Waals surface area contributed by atoms with Crippen LogP contribution in [-0.4, -0.2) is 24.5 Å². The van der Waals surface area contributed by atoms with Crippen LogP contribution >= 0.6 is 11.3 Å². The molecule has 2 aromatic rings. The number of hydrogen-bond acceptors (Lipinski definition) is 5. The summed E-state index contributed by atoms with van der Waals surface area (Å²) in [5.41, 5.74) is 1.92. The van der Waals surface area contributed by atoms with Crippen molar-refractivity contribution in [2.45, 2.75) is 45.6 Å². The summed E-state index contributed by atoms with van der Waals surface area (Å²) in [6.07, 6.45) is 2.41. The molecule has 0 fully saturated rings. The number of aryl methyl sites for hydroxylation is 1. The van der Waals surface area contributed by atoms with E-state index < -0.39 is 12.1 Å². The fourth-order valence-corrected chi connectivity index (χ4v) is 4.52. The third kappa shape index (κ3) is 4.60. The molecule has 2 atom stereocenters. The van der Waals surface area contributed by atoms with E-state index in [-0.39, 0.29) is 18.9 Å². The summed E-state index contributed by atoms with van der Waals surface area (Å²) in [4.78, 5) is 28.8. The number of thiophene rings is 1. The predicted octanol–water partition coefficient (Wildman–Crippen LogP) is 4.37. The molecule has 146 valence electrons. The van der Waals surface area contributed by atoms with Crippen LogP contribution in [0.5, 0.6) is 0 Å². The van der Waals surface area contributed by atoms with Crippen molar-refractivity contribution in [3.63, 3.8) is 0 Å². The van der Waals surface area contributed by atoms with Gasteiger partial charge in [-0.05, 0) is 55.9 Å². The van der Waals surface area contributed by atoms with Crippen LogP contribution in [0.2, 0.25) is 0 Å². The highest BCUT2D eigenvalue weighted by Crippen LogP contribution is 2.32. The van der Waals surface area contributed by atoms with Gasteiger partial charge in [-0.15, -0.1) is 11.3 Å². The number of anilines is 1. The first kappa shape index (κ1) is 20.1. The van der Waals surface area contributed by atoms with Crippen LogP contribution in [0.1, 0.15) is 46.8 Å². The number of nitrogens with zero attached hydrogens (tertiary/aromatic N) is 2. The van der Waals surface area contributed by atoms with E-state index >= 15 is 0 Å². The topological polar surface area (TPSA) is 70.4 Å². The van der Waals surface area contributed by atoms with Crippen molar-refractivity contribution in [2.75, 3.05) is 11.4 Å². The number of rotatable bonds is 6. The predicted molar refractivity (Wildman–Crippen MR) is 109 cm³/mol. The Balaban J connectivity index is 1.70. The van der Waals surface area contributed by atoms with E-state index in [0.717, 1.165) is 19.3 Å². The standard InChI is InChI=1S/C22H24N2O3S/c1-15-9-10-19-17(13-15)14-20(28-19)22(26)27-16(2)21(25)24(12-6-11-23)18-7-4-3-5-8-18/h3-5,7-8,14-16H,6,9-10,12-13H2,1-2H3/t15-,16-/m0/s1. The lowest BCUT2D eigenvalue weighted by Gasteiger charge is -2.25. The van der Waals surface area contributed by atoms with E-state index in [0.29, 0.717) is 16.5 Å². The molecule has 0 N–H and O–H groups in total. The molecule has 0 unspecified atom stereocenters. The molecule has 1 aliphatic carbocycles. The van der Waals surface area contributed by atoms with Gasteiger partial charge in [-0.3, -0.25) is 4.79 Å². The molecule has 5 nitrogen and oxygen atoms in total. The summed E-state index contributed by atoms with van der Waals surface area (Å²) >= 11 is 1.48. The molecular formula is C22H24N2O3S. The average Bonchev–Trinajstić information content (AvgIpc) is 3.12. The Morgan fingerprint density at radius 1 is 1.36 bits per heavy atom. The highest BCUT2D eigenvalue weighted by molar-refractivity contribution is 7.14. The average molecular weight is 397 g/mol. The molecule has 1 heterocycles. The first-order chi connectivity index (χ1) is 13.5. The normalized spacial score (nSPS) is 16.5. The minimum Gasteiger partial charge on any atom is -0.448 e. The number of amides is 1. The second kappa shape index (κ2) is 9.03. The third-order valence-electron chi connectivity index (χ3n) is 4.94. The summed E-state index contributed by atoms with van der Waals surface area (Å²) in [6, 6.07) is 13.1. The summed E-state index contributed by atoms with van der Waals surface area (Å²) in [5.74, 6) is -0.156. The summed E-state index contributed by atoms with van der Waals surface area (Å²) in [5, 5.41) is 8.90. The van der Waals surface area contributed by atoms with Crippen molar-refractivity contribution < 1.29 is 14.3 Å². The van der Waals surface area contributed by atoms with Crippen LogP contribution in [-0.2, 0) is 22.4 Å². The number of carbonyl (C=O) groups excluding carboxylic acids is 2. The number of hydrogen-bond donors (Lipinski definition) is 0. The lowest BCUT2D eigenvalue weighted by molar-refractivity contribution is -0.126. The van der Waals surface area contributed by atoms with E-state index in [1.165, 1.54) is 26.7 Å². The van der Waals surface area contributed by atoms with Crippen molar-refractivity contribution >= 4 is 28.9 Å². The highest BCUT2D eigenvalue weighted by Gasteiger charge is 2.27. The Labute approximate surface area is 169 Å². The molecular weight excluding hydrogens is 372 g/mol. The first-order valence-electron chi connectivity index (χ1n) is 9.55. The van der Waals surface area contributed by atoms with Gasteiger partial charge in [0.25, 0.3) is 5.91 Å². The first-order valence-corrected chi connectivity index (χ1v) is 10.4. The van der Waals surface area contributed by atoms with Crippen molar-refractivity contribution in [2.24, 2.45) is 5.92 Å². The second-order valence-corrected chi connectivity index (χ2v) is 8.32. The van der Waals surface area contributed by atoms with Crippen LogP contribution in [0.25, 0.3) is 0 Å². The van der Waals surface area contributed by atoms with E-state index in [1.54, 1.807) is 19.1 Å². The molecule has 28 heavy (non-hydrogen) atoms. The number of esters is 1. The monoisotopic (exact) mass is 396 g/mol. The van der Waals surface area contributed by atoms with Gasteiger partial charge in [0.05, 0.1) is 12.5 Å². The second-order valence-electron chi connectivity index (χ2n) is 7.19. The molecule has 1 aliphatic rings.